The predicted octanol–water partition coefficient (Wildman–Crippen LogP) is 23.7. The maximum atomic E-state index is 11.5. The molecule has 15 rings (SSSR count). The third kappa shape index (κ3) is 17.9. The molecule has 630 valence electrons. The van der Waals surface area contributed by atoms with Crippen molar-refractivity contribution in [2.45, 2.75) is 396 Å². The standard InChI is InChI=1S/2C33H58O3.C24H40O3.C9H17Br/c2*1-22(29(34)19-23-11-14-30(2,3)15-12-23)26-9-10-27-25-8-7-24-20-33(35,21-36-6)18-17-31(24,4)28(25)13-16-32(26,27)5;1-16(14-25)19-7-8-20-18-6-5-17-13-24(26,15-27-4)12-11-22(17,2)21(18)9-10-23(19,20)3;1-9(2)5-3-8(7-10)4-6-9/h2*22-29,34-35H,7-21H2,1-6H3;14,16-21,26H,5-13,15H2,1-4H3;8H,3-7H2,1-2H3/t2*22-,24-,25-,26+,27-,28-,29-,31-,32+,33-;16-,17+,18+,19-,20+,21+,22+,23-,24+;/m001./s1. The van der Waals surface area contributed by atoms with Crippen LogP contribution in [0.4, 0.5) is 0 Å². The summed E-state index contributed by atoms with van der Waals surface area (Å²) in [5, 5.41) is 57.4. The number of alkyl halides is 1. The second kappa shape index (κ2) is 34.2. The highest BCUT2D eigenvalue weighted by atomic mass is 79.9. The number of carbonyl (C=O) groups excluding carboxylic acids is 1. The van der Waals surface area contributed by atoms with Crippen LogP contribution in [0.1, 0.15) is 367 Å². The lowest BCUT2D eigenvalue weighted by atomic mass is 9.43. The summed E-state index contributed by atoms with van der Waals surface area (Å²) >= 11 is 3.55. The van der Waals surface area contributed by atoms with Gasteiger partial charge in [-0.15, -0.1) is 0 Å². The molecule has 0 saturated heterocycles. The lowest BCUT2D eigenvalue weighted by Gasteiger charge is -2.62. The second-order valence-electron chi connectivity index (χ2n) is 47.5. The van der Waals surface area contributed by atoms with E-state index in [1.807, 2.05) is 0 Å². The molecule has 0 radical (unpaired) electrons. The average Bonchev–Trinajstić information content (AvgIpc) is 1.70. The molecule has 0 aromatic rings. The minimum atomic E-state index is -0.604. The Morgan fingerprint density at radius 1 is 0.339 bits per heavy atom. The zero-order valence-electron chi connectivity index (χ0n) is 73.9. The van der Waals surface area contributed by atoms with Crippen LogP contribution in [0.2, 0.25) is 0 Å². The van der Waals surface area contributed by atoms with E-state index in [0.717, 1.165) is 129 Å². The minimum absolute atomic E-state index is 0.125. The SMILES string of the molecule is CC1(C)CCC(CBr)CC1.COC[C@]1(O)CC[C@@]2(C)[C@@H](CC[C@@H]3[C@@H]2CC[C@]2(C)[C@@H]([C@H](C)C=O)CC[C@@H]32)C1.COC[C@]1(O)CC[C@@]2(C)[C@@H](CC[C@@H]3[C@@H]2CC[C@]2(C)[C@@H]([C@H](C)[C@@H](O)CC4CCC(C)(C)CC4)CC[C@@H]32)C1.COC[C@]1(O)CC[C@@]2(C)[C@@H](CC[C@@H]3[C@@H]2CC[C@]2(C)[C@@H]([C@H](C)[C@@H](O)CC4CCC(C)(C)CC4)CC[C@@H]32)C1. The smallest absolute Gasteiger partial charge is 0.123 e. The molecule has 0 unspecified atom stereocenters. The number of aliphatic hydroxyl groups is 5. The zero-order chi connectivity index (χ0) is 78.9. The van der Waals surface area contributed by atoms with Crippen molar-refractivity contribution in [2.24, 2.45) is 173 Å². The molecule has 15 aliphatic rings. The largest absolute Gasteiger partial charge is 0.393 e. The van der Waals surface area contributed by atoms with Crippen LogP contribution in [0.15, 0.2) is 0 Å². The second-order valence-corrected chi connectivity index (χ2v) is 48.2. The molecule has 5 N–H and O–H groups in total. The van der Waals surface area contributed by atoms with Crippen LogP contribution < -0.4 is 0 Å². The van der Waals surface area contributed by atoms with Gasteiger partial charge in [-0.2, -0.15) is 0 Å². The van der Waals surface area contributed by atoms with Gasteiger partial charge in [-0.1, -0.05) is 120 Å². The van der Waals surface area contributed by atoms with Gasteiger partial charge in [0, 0.05) is 32.6 Å². The number of aldehydes is 1. The maximum Gasteiger partial charge on any atom is 0.123 e. The van der Waals surface area contributed by atoms with Crippen LogP contribution >= 0.6 is 15.9 Å². The van der Waals surface area contributed by atoms with Crippen LogP contribution in [0.25, 0.3) is 0 Å². The number of hydrogen-bond acceptors (Lipinski definition) is 9. The van der Waals surface area contributed by atoms with Crippen LogP contribution in [-0.2, 0) is 19.0 Å². The molecule has 0 aliphatic heterocycles. The molecule has 0 heterocycles. The van der Waals surface area contributed by atoms with Crippen LogP contribution in [0.3, 0.4) is 0 Å². The summed E-state index contributed by atoms with van der Waals surface area (Å²) in [4.78, 5) is 11.5. The highest BCUT2D eigenvalue weighted by Gasteiger charge is 2.66. The van der Waals surface area contributed by atoms with E-state index in [1.165, 1.54) is 217 Å². The van der Waals surface area contributed by atoms with Gasteiger partial charge in [0.2, 0.25) is 0 Å². The molecular formula is C99H173BrO9. The van der Waals surface area contributed by atoms with Gasteiger partial charge in [0.15, 0.2) is 0 Å². The van der Waals surface area contributed by atoms with Gasteiger partial charge in [-0.3, -0.25) is 0 Å². The number of methoxy groups -OCH3 is 3. The van der Waals surface area contributed by atoms with Crippen molar-refractivity contribution >= 4 is 22.2 Å². The van der Waals surface area contributed by atoms with Crippen LogP contribution in [-0.4, -0.2) is 107 Å². The molecule has 109 heavy (non-hydrogen) atoms. The number of rotatable bonds is 17. The molecule has 9 nitrogen and oxygen atoms in total. The Balaban J connectivity index is 0.000000144. The van der Waals surface area contributed by atoms with Crippen molar-refractivity contribution in [2.75, 3.05) is 46.5 Å². The number of aliphatic hydroxyl groups excluding tert-OH is 2. The molecule has 29 atom stereocenters. The first kappa shape index (κ1) is 88.1. The van der Waals surface area contributed by atoms with Gasteiger partial charge in [-0.05, 0) is 430 Å². The molecule has 0 amide bonds. The number of halogens is 1. The summed E-state index contributed by atoms with van der Waals surface area (Å²) in [6.07, 6.45) is 52.2. The minimum Gasteiger partial charge on any atom is -0.393 e. The summed E-state index contributed by atoms with van der Waals surface area (Å²) in [6, 6.07) is 0. The van der Waals surface area contributed by atoms with E-state index in [-0.39, 0.29) is 18.1 Å². The van der Waals surface area contributed by atoms with E-state index < -0.39 is 16.8 Å². The summed E-state index contributed by atoms with van der Waals surface area (Å²) in [5.74, 6) is 14.9. The Bertz CT molecular complexity index is 2790. The highest BCUT2D eigenvalue weighted by Crippen LogP contribution is 2.73. The molecule has 0 aromatic heterocycles. The fourth-order valence-corrected chi connectivity index (χ4v) is 33.3. The summed E-state index contributed by atoms with van der Waals surface area (Å²) in [6.45, 7) is 38.4. The zero-order valence-corrected chi connectivity index (χ0v) is 75.5. The topological polar surface area (TPSA) is 146 Å². The molecule has 0 bridgehead atoms. The maximum absolute atomic E-state index is 11.5. The molecular weight excluding hydrogens is 1410 g/mol. The van der Waals surface area contributed by atoms with Crippen LogP contribution in [0.5, 0.6) is 0 Å². The Labute approximate surface area is 678 Å². The number of hydrogen-bond donors (Lipinski definition) is 5. The van der Waals surface area contributed by atoms with E-state index >= 15 is 0 Å². The summed E-state index contributed by atoms with van der Waals surface area (Å²) < 4.78 is 16.2. The van der Waals surface area contributed by atoms with E-state index in [0.29, 0.717) is 116 Å². The van der Waals surface area contributed by atoms with Gasteiger partial charge in [0.25, 0.3) is 0 Å². The molecule has 15 fully saturated rings. The summed E-state index contributed by atoms with van der Waals surface area (Å²) in [7, 11) is 5.17. The van der Waals surface area contributed by atoms with Crippen molar-refractivity contribution < 1.29 is 44.5 Å². The Hall–Kier alpha value is -0.170. The Morgan fingerprint density at radius 3 is 0.899 bits per heavy atom. The Kier molecular flexibility index (Phi) is 27.6. The lowest BCUT2D eigenvalue weighted by molar-refractivity contribution is -0.164. The molecule has 0 spiro atoms. The van der Waals surface area contributed by atoms with Crippen molar-refractivity contribution in [3.63, 3.8) is 0 Å². The monoisotopic (exact) mass is 1590 g/mol. The van der Waals surface area contributed by atoms with Gasteiger partial charge in [-0.25, -0.2) is 0 Å². The molecule has 15 saturated carbocycles. The number of carbonyl (C=O) groups is 1. The van der Waals surface area contributed by atoms with Gasteiger partial charge < -0.3 is 44.5 Å². The molecule has 15 aliphatic carbocycles. The predicted molar refractivity (Wildman–Crippen MR) is 452 cm³/mol. The first-order chi connectivity index (χ1) is 51.2. The van der Waals surface area contributed by atoms with E-state index in [4.69, 9.17) is 14.2 Å². The van der Waals surface area contributed by atoms with Gasteiger partial charge in [0.1, 0.15) is 6.29 Å². The lowest BCUT2D eigenvalue weighted by Crippen LogP contribution is -2.57. The normalized spacial score (nSPS) is 47.7. The molecule has 10 heteroatoms. The summed E-state index contributed by atoms with van der Waals surface area (Å²) in [5.41, 5.74) is 2.20. The molecule has 0 aromatic carbocycles. The van der Waals surface area contributed by atoms with E-state index in [9.17, 15) is 30.3 Å². The van der Waals surface area contributed by atoms with E-state index in [1.54, 1.807) is 21.3 Å². The van der Waals surface area contributed by atoms with Gasteiger partial charge >= 0.3 is 0 Å². The van der Waals surface area contributed by atoms with Crippen LogP contribution in [0, 0.1) is 173 Å². The van der Waals surface area contributed by atoms with Crippen molar-refractivity contribution in [3.8, 4) is 0 Å². The fraction of sp³-hybridized carbons (Fsp3) is 0.990. The average molecular weight is 1590 g/mol. The first-order valence-corrected chi connectivity index (χ1v) is 48.4. The third-order valence-corrected chi connectivity index (χ3v) is 40.9. The van der Waals surface area contributed by atoms with Crippen molar-refractivity contribution in [1.29, 1.82) is 0 Å². The van der Waals surface area contributed by atoms with Crippen molar-refractivity contribution in [3.05, 3.63) is 0 Å². The Morgan fingerprint density at radius 2 is 0.615 bits per heavy atom. The fourth-order valence-electron chi connectivity index (χ4n) is 32.6. The first-order valence-electron chi connectivity index (χ1n) is 47.2. The number of fused-ring (bicyclic) bond motifs is 15. The third-order valence-electron chi connectivity index (χ3n) is 40.0. The number of ether oxygens (including phenoxy) is 3. The highest BCUT2D eigenvalue weighted by molar-refractivity contribution is 9.09. The quantitative estimate of drug-likeness (QED) is 0.0710. The van der Waals surface area contributed by atoms with E-state index in [2.05, 4.69) is 120 Å². The van der Waals surface area contributed by atoms with Gasteiger partial charge in [0.05, 0.1) is 48.8 Å². The van der Waals surface area contributed by atoms with Crippen molar-refractivity contribution in [1.82, 2.24) is 0 Å².